The van der Waals surface area contributed by atoms with E-state index < -0.39 is 57.6 Å². The number of benzene rings is 2. The van der Waals surface area contributed by atoms with Gasteiger partial charge in [0.15, 0.2) is 0 Å². The zero-order valence-electron chi connectivity index (χ0n) is 15.4. The maximum atomic E-state index is 14.4. The van der Waals surface area contributed by atoms with Gasteiger partial charge in [0.05, 0.1) is 10.6 Å². The fourth-order valence-electron chi connectivity index (χ4n) is 2.29. The van der Waals surface area contributed by atoms with Crippen molar-refractivity contribution < 1.29 is 56.3 Å². The van der Waals surface area contributed by atoms with Gasteiger partial charge in [0.1, 0.15) is 0 Å². The van der Waals surface area contributed by atoms with Crippen LogP contribution in [-0.2, 0) is 20.0 Å². The number of halogens is 10. The summed E-state index contributed by atoms with van der Waals surface area (Å²) in [5.74, 6) is -15.2. The van der Waals surface area contributed by atoms with Gasteiger partial charge in [-0.1, -0.05) is 18.2 Å². The Morgan fingerprint density at radius 3 is 1.55 bits per heavy atom. The molecule has 33 heavy (non-hydrogen) atoms. The van der Waals surface area contributed by atoms with Crippen LogP contribution in [0.2, 0.25) is 0 Å². The van der Waals surface area contributed by atoms with Crippen LogP contribution >= 0.6 is 22.6 Å². The number of sulfonamides is 2. The first kappa shape index (κ1) is 27.5. The van der Waals surface area contributed by atoms with Crippen molar-refractivity contribution in [3.8, 4) is 0 Å². The third-order valence-electron chi connectivity index (χ3n) is 3.95. The van der Waals surface area contributed by atoms with Gasteiger partial charge in [0.2, 0.25) is 0 Å². The number of hydrogen-bond donors (Lipinski definition) is 0. The lowest BCUT2D eigenvalue weighted by atomic mass is 10.1. The number of para-hydroxylation sites is 1. The van der Waals surface area contributed by atoms with E-state index in [1.807, 2.05) is 0 Å². The minimum Gasteiger partial charge on any atom is -0.200 e. The maximum absolute atomic E-state index is 14.4. The second-order valence-electron chi connectivity index (χ2n) is 6.16. The molecule has 0 unspecified atom stereocenters. The van der Waals surface area contributed by atoms with E-state index in [-0.39, 0.29) is 0 Å². The Labute approximate surface area is 194 Å². The summed E-state index contributed by atoms with van der Waals surface area (Å²) in [6.07, 6.45) is -7.30. The first-order valence-electron chi connectivity index (χ1n) is 8.04. The zero-order chi connectivity index (χ0) is 25.7. The van der Waals surface area contributed by atoms with Crippen LogP contribution in [-0.4, -0.2) is 40.1 Å². The Morgan fingerprint density at radius 1 is 0.667 bits per heavy atom. The van der Waals surface area contributed by atoms with E-state index >= 15 is 0 Å². The topological polar surface area (TPSA) is 71.5 Å². The Hall–Kier alpha value is -1.76. The number of nitrogens with zero attached hydrogens (tertiary/aromatic N) is 1. The molecule has 0 spiro atoms. The molecule has 0 atom stereocenters. The van der Waals surface area contributed by atoms with Crippen LogP contribution in [0.5, 0.6) is 0 Å². The molecule has 0 amide bonds. The molecule has 0 aliphatic carbocycles. The Kier molecular flexibility index (Phi) is 7.06. The molecule has 5 nitrogen and oxygen atoms in total. The highest BCUT2D eigenvalue weighted by atomic mass is 127. The lowest BCUT2D eigenvalue weighted by Crippen LogP contribution is -2.65. The van der Waals surface area contributed by atoms with Crippen molar-refractivity contribution in [1.29, 1.82) is 0 Å². The molecule has 0 heterocycles. The number of rotatable bonds is 7. The fourth-order valence-corrected chi connectivity index (χ4v) is 6.35. The quantitative estimate of drug-likeness (QED) is 0.307. The molecule has 0 aromatic heterocycles. The molecule has 0 saturated heterocycles. The molecule has 0 radical (unpaired) electrons. The Balaban J connectivity index is 2.85. The van der Waals surface area contributed by atoms with Crippen molar-refractivity contribution >= 4 is 48.3 Å². The minimum atomic E-state index is -7.61. The van der Waals surface area contributed by atoms with Crippen molar-refractivity contribution in [3.63, 3.8) is 0 Å². The van der Waals surface area contributed by atoms with Crippen molar-refractivity contribution in [1.82, 2.24) is 0 Å². The maximum Gasteiger partial charge on any atom is 0.460 e. The van der Waals surface area contributed by atoms with E-state index in [0.717, 1.165) is 30.3 Å². The second-order valence-corrected chi connectivity index (χ2v) is 11.3. The van der Waals surface area contributed by atoms with Gasteiger partial charge in [-0.15, -0.1) is 0 Å². The van der Waals surface area contributed by atoms with Gasteiger partial charge < -0.3 is 0 Å². The summed E-state index contributed by atoms with van der Waals surface area (Å²) in [6.45, 7) is 0. The molecule has 2 aromatic carbocycles. The van der Waals surface area contributed by atoms with Crippen LogP contribution in [0.4, 0.5) is 45.2 Å². The first-order valence-corrected chi connectivity index (χ1v) is 12.0. The zero-order valence-corrected chi connectivity index (χ0v) is 19.2. The third-order valence-corrected chi connectivity index (χ3v) is 8.92. The molecule has 2 aromatic rings. The molecule has 0 saturated carbocycles. The molecule has 0 aliphatic heterocycles. The molecular formula is C16H9F9INO4S2. The van der Waals surface area contributed by atoms with Gasteiger partial charge >= 0.3 is 33.3 Å². The van der Waals surface area contributed by atoms with Crippen LogP contribution in [0.3, 0.4) is 0 Å². The summed E-state index contributed by atoms with van der Waals surface area (Å²) in [7, 11) is -13.2. The van der Waals surface area contributed by atoms with Crippen LogP contribution < -0.4 is 3.71 Å². The lowest BCUT2D eigenvalue weighted by Gasteiger charge is -2.35. The molecule has 0 bridgehead atoms. The SMILES string of the molecule is O=S(=O)(c1ccc(I)cc1)N(c1ccccc1)S(=O)(=O)C(F)(F)C(F)(F)C(F)(F)C(F)(F)F. The smallest absolute Gasteiger partial charge is 0.200 e. The summed E-state index contributed by atoms with van der Waals surface area (Å²) in [5.41, 5.74) is -1.25. The lowest BCUT2D eigenvalue weighted by molar-refractivity contribution is -0.382. The summed E-state index contributed by atoms with van der Waals surface area (Å²) in [5, 5.41) is -7.24. The average Bonchev–Trinajstić information content (AvgIpc) is 2.67. The van der Waals surface area contributed by atoms with E-state index in [1.165, 1.54) is 0 Å². The normalized spacial score (nSPS) is 14.2. The van der Waals surface area contributed by atoms with Gasteiger partial charge in [-0.05, 0) is 59.0 Å². The van der Waals surface area contributed by atoms with Gasteiger partial charge in [0.25, 0.3) is 10.0 Å². The molecular weight excluding hydrogens is 632 g/mol. The van der Waals surface area contributed by atoms with Crippen LogP contribution in [0.25, 0.3) is 0 Å². The van der Waals surface area contributed by atoms with Gasteiger partial charge in [0, 0.05) is 3.57 Å². The summed E-state index contributed by atoms with van der Waals surface area (Å²) in [6, 6.07) is 7.39. The largest absolute Gasteiger partial charge is 0.460 e. The fraction of sp³-hybridized carbons (Fsp3) is 0.250. The molecule has 184 valence electrons. The van der Waals surface area contributed by atoms with Crippen molar-refractivity contribution in [2.45, 2.75) is 28.2 Å². The summed E-state index contributed by atoms with van der Waals surface area (Å²) < 4.78 is 170. The predicted octanol–water partition coefficient (Wildman–Crippen LogP) is 5.24. The Bertz CT molecular complexity index is 1220. The van der Waals surface area contributed by atoms with Crippen molar-refractivity contribution in [3.05, 3.63) is 58.2 Å². The van der Waals surface area contributed by atoms with E-state index in [1.54, 1.807) is 22.6 Å². The Morgan fingerprint density at radius 2 is 1.12 bits per heavy atom. The highest BCUT2D eigenvalue weighted by molar-refractivity contribution is 14.1. The standard InChI is InChI=1S/C16H9F9INO4S2/c17-13(18,15(21,22)23)14(19,20)16(24,25)33(30,31)27(11-4-2-1-3-5-11)32(28,29)12-8-6-10(26)7-9-12/h1-9H. The average molecular weight is 641 g/mol. The highest BCUT2D eigenvalue weighted by Gasteiger charge is 2.86. The van der Waals surface area contributed by atoms with Crippen LogP contribution in [0.1, 0.15) is 0 Å². The molecule has 0 fully saturated rings. The second kappa shape index (κ2) is 8.47. The van der Waals surface area contributed by atoms with Gasteiger partial charge in [-0.2, -0.15) is 51.6 Å². The number of hydrogen-bond acceptors (Lipinski definition) is 4. The van der Waals surface area contributed by atoms with Crippen molar-refractivity contribution in [2.24, 2.45) is 0 Å². The number of alkyl halides is 9. The summed E-state index contributed by atoms with van der Waals surface area (Å²) in [4.78, 5) is -1.06. The summed E-state index contributed by atoms with van der Waals surface area (Å²) >= 11 is 1.67. The monoisotopic (exact) mass is 641 g/mol. The molecule has 2 rings (SSSR count). The van der Waals surface area contributed by atoms with E-state index in [4.69, 9.17) is 0 Å². The third kappa shape index (κ3) is 4.38. The van der Waals surface area contributed by atoms with Gasteiger partial charge in [-0.3, -0.25) is 0 Å². The molecule has 0 aliphatic rings. The molecule has 0 N–H and O–H groups in total. The van der Waals surface area contributed by atoms with E-state index in [0.29, 0.717) is 27.8 Å². The van der Waals surface area contributed by atoms with E-state index in [9.17, 15) is 56.3 Å². The van der Waals surface area contributed by atoms with Crippen LogP contribution in [0, 0.1) is 3.57 Å². The van der Waals surface area contributed by atoms with Crippen LogP contribution in [0.15, 0.2) is 59.5 Å². The highest BCUT2D eigenvalue weighted by Crippen LogP contribution is 2.55. The molecule has 17 heteroatoms. The van der Waals surface area contributed by atoms with Crippen molar-refractivity contribution in [2.75, 3.05) is 3.71 Å². The number of anilines is 1. The minimum absolute atomic E-state index is 0.363. The predicted molar refractivity (Wildman–Crippen MR) is 105 cm³/mol. The van der Waals surface area contributed by atoms with Gasteiger partial charge in [-0.25, -0.2) is 8.42 Å². The first-order chi connectivity index (χ1) is 14.7. The van der Waals surface area contributed by atoms with E-state index in [2.05, 4.69) is 0 Å².